The lowest BCUT2D eigenvalue weighted by molar-refractivity contribution is 0.0962. The number of nitrogen functional groups attached to an aromatic ring is 1. The summed E-state index contributed by atoms with van der Waals surface area (Å²) in [5.41, 5.74) is 13.8. The fourth-order valence-electron chi connectivity index (χ4n) is 2.64. The van der Waals surface area contributed by atoms with Gasteiger partial charge in [0.25, 0.3) is 5.91 Å². The molecule has 0 saturated heterocycles. The molecule has 9 heteroatoms. The summed E-state index contributed by atoms with van der Waals surface area (Å²) < 4.78 is 10.6. The molecule has 5 N–H and O–H groups in total. The van der Waals surface area contributed by atoms with E-state index >= 15 is 0 Å². The zero-order valence-electron chi connectivity index (χ0n) is 16.3. The van der Waals surface area contributed by atoms with Crippen molar-refractivity contribution < 1.29 is 14.3 Å². The summed E-state index contributed by atoms with van der Waals surface area (Å²) in [4.78, 5) is 20.6. The number of carbonyl (C=O) groups excluding carboxylic acids is 1. The lowest BCUT2D eigenvalue weighted by Gasteiger charge is -2.15. The highest BCUT2D eigenvalue weighted by atomic mass is 16.5. The van der Waals surface area contributed by atoms with Crippen LogP contribution in [-0.2, 0) is 0 Å². The molecule has 1 heterocycles. The molecule has 3 aromatic rings. The lowest BCUT2D eigenvalue weighted by Crippen LogP contribution is -2.30. The Morgan fingerprint density at radius 2 is 1.79 bits per heavy atom. The number of methoxy groups -OCH3 is 2. The molecular weight excluding hydrogens is 372 g/mol. The maximum atomic E-state index is 12.4. The average molecular weight is 394 g/mol. The van der Waals surface area contributed by atoms with Crippen molar-refractivity contribution in [2.45, 2.75) is 6.92 Å². The minimum Gasteiger partial charge on any atom is -0.497 e. The first kappa shape index (κ1) is 19.7. The molecule has 0 aliphatic heterocycles. The molecule has 0 aliphatic rings. The molecule has 1 aromatic heterocycles. The third-order valence-corrected chi connectivity index (χ3v) is 4.23. The van der Waals surface area contributed by atoms with Gasteiger partial charge in [-0.05, 0) is 30.7 Å². The van der Waals surface area contributed by atoms with Crippen LogP contribution in [0.15, 0.2) is 48.8 Å². The summed E-state index contributed by atoms with van der Waals surface area (Å²) in [7, 11) is 3.13. The first-order valence-corrected chi connectivity index (χ1v) is 8.75. The fourth-order valence-corrected chi connectivity index (χ4v) is 2.64. The zero-order valence-corrected chi connectivity index (χ0v) is 16.3. The third-order valence-electron chi connectivity index (χ3n) is 4.23. The highest BCUT2D eigenvalue weighted by Gasteiger charge is 2.13. The van der Waals surface area contributed by atoms with E-state index in [0.717, 1.165) is 5.56 Å². The van der Waals surface area contributed by atoms with Crippen molar-refractivity contribution in [3.63, 3.8) is 0 Å². The number of ether oxygens (including phenoxy) is 2. The SMILES string of the molecule is COc1ccc(Nc2ncnc(NNC(=O)c3ccccc3C)c2N)c(OC)c1. The maximum absolute atomic E-state index is 12.4. The van der Waals surface area contributed by atoms with Crippen molar-refractivity contribution in [2.75, 3.05) is 30.7 Å². The molecular formula is C20H22N6O3. The Hall–Kier alpha value is -4.01. The summed E-state index contributed by atoms with van der Waals surface area (Å²) >= 11 is 0. The van der Waals surface area contributed by atoms with E-state index in [2.05, 4.69) is 26.1 Å². The van der Waals surface area contributed by atoms with Crippen LogP contribution in [0.2, 0.25) is 0 Å². The summed E-state index contributed by atoms with van der Waals surface area (Å²) in [6, 6.07) is 12.6. The van der Waals surface area contributed by atoms with E-state index in [9.17, 15) is 4.79 Å². The smallest absolute Gasteiger partial charge is 0.269 e. The lowest BCUT2D eigenvalue weighted by atomic mass is 10.1. The molecule has 0 spiro atoms. The third kappa shape index (κ3) is 4.46. The van der Waals surface area contributed by atoms with Crippen LogP contribution in [0.4, 0.5) is 23.0 Å². The van der Waals surface area contributed by atoms with Crippen LogP contribution in [0.3, 0.4) is 0 Å². The van der Waals surface area contributed by atoms with Crippen molar-refractivity contribution in [3.05, 3.63) is 59.9 Å². The Balaban J connectivity index is 1.76. The quantitative estimate of drug-likeness (QED) is 0.451. The Labute approximate surface area is 168 Å². The van der Waals surface area contributed by atoms with E-state index in [1.165, 1.54) is 6.33 Å². The first-order valence-electron chi connectivity index (χ1n) is 8.75. The molecule has 0 bridgehead atoms. The Bertz CT molecular complexity index is 1020. The van der Waals surface area contributed by atoms with Crippen molar-refractivity contribution in [1.29, 1.82) is 0 Å². The van der Waals surface area contributed by atoms with Crippen LogP contribution in [-0.4, -0.2) is 30.1 Å². The van der Waals surface area contributed by atoms with Crippen molar-refractivity contribution in [3.8, 4) is 11.5 Å². The fraction of sp³-hybridized carbons (Fsp3) is 0.150. The molecule has 0 atom stereocenters. The summed E-state index contributed by atoms with van der Waals surface area (Å²) in [6.45, 7) is 1.86. The number of hydrazine groups is 1. The van der Waals surface area contributed by atoms with Gasteiger partial charge in [0.15, 0.2) is 11.6 Å². The minimum absolute atomic E-state index is 0.232. The number of aryl methyl sites for hydroxylation is 1. The molecule has 0 fully saturated rings. The number of hydrogen-bond donors (Lipinski definition) is 4. The number of anilines is 4. The molecule has 1 amide bonds. The Morgan fingerprint density at radius 3 is 2.52 bits per heavy atom. The van der Waals surface area contributed by atoms with Gasteiger partial charge in [0.05, 0.1) is 19.9 Å². The number of hydrogen-bond acceptors (Lipinski definition) is 8. The van der Waals surface area contributed by atoms with E-state index < -0.39 is 0 Å². The molecule has 2 aromatic carbocycles. The van der Waals surface area contributed by atoms with E-state index in [4.69, 9.17) is 15.2 Å². The molecule has 0 unspecified atom stereocenters. The van der Waals surface area contributed by atoms with Crippen LogP contribution in [0.25, 0.3) is 0 Å². The van der Waals surface area contributed by atoms with Crippen molar-refractivity contribution in [1.82, 2.24) is 15.4 Å². The van der Waals surface area contributed by atoms with Crippen molar-refractivity contribution in [2.24, 2.45) is 0 Å². The van der Waals surface area contributed by atoms with Crippen LogP contribution in [0, 0.1) is 6.92 Å². The van der Waals surface area contributed by atoms with Gasteiger partial charge in [-0.15, -0.1) is 0 Å². The van der Waals surface area contributed by atoms with Crippen LogP contribution in [0.5, 0.6) is 11.5 Å². The second-order valence-electron chi connectivity index (χ2n) is 6.07. The summed E-state index contributed by atoms with van der Waals surface area (Å²) in [5.74, 6) is 1.54. The van der Waals surface area contributed by atoms with Crippen LogP contribution < -0.4 is 31.4 Å². The van der Waals surface area contributed by atoms with Gasteiger partial charge in [0.1, 0.15) is 23.5 Å². The van der Waals surface area contributed by atoms with Gasteiger partial charge < -0.3 is 20.5 Å². The number of amides is 1. The molecule has 0 saturated carbocycles. The Kier molecular flexibility index (Phi) is 5.98. The van der Waals surface area contributed by atoms with Gasteiger partial charge in [-0.3, -0.25) is 15.6 Å². The summed E-state index contributed by atoms with van der Waals surface area (Å²) in [6.07, 6.45) is 1.33. The number of nitrogens with two attached hydrogens (primary N) is 1. The number of aromatic nitrogens is 2. The maximum Gasteiger partial charge on any atom is 0.269 e. The highest BCUT2D eigenvalue weighted by molar-refractivity contribution is 5.96. The topological polar surface area (TPSA) is 123 Å². The largest absolute Gasteiger partial charge is 0.497 e. The molecule has 0 aliphatic carbocycles. The van der Waals surface area contributed by atoms with Gasteiger partial charge in [-0.25, -0.2) is 9.97 Å². The number of nitrogens with one attached hydrogen (secondary N) is 3. The second-order valence-corrected chi connectivity index (χ2v) is 6.07. The number of carbonyl (C=O) groups is 1. The van der Waals surface area contributed by atoms with Gasteiger partial charge in [0, 0.05) is 11.6 Å². The normalized spacial score (nSPS) is 10.2. The van der Waals surface area contributed by atoms with Crippen LogP contribution in [0.1, 0.15) is 15.9 Å². The number of benzene rings is 2. The van der Waals surface area contributed by atoms with Crippen LogP contribution >= 0.6 is 0 Å². The average Bonchev–Trinajstić information content (AvgIpc) is 2.74. The van der Waals surface area contributed by atoms with E-state index in [-0.39, 0.29) is 17.4 Å². The van der Waals surface area contributed by atoms with Gasteiger partial charge in [-0.1, -0.05) is 18.2 Å². The Morgan fingerprint density at radius 1 is 1.03 bits per heavy atom. The van der Waals surface area contributed by atoms with Crippen molar-refractivity contribution >= 4 is 28.9 Å². The first-order chi connectivity index (χ1) is 14.0. The van der Waals surface area contributed by atoms with E-state index in [0.29, 0.717) is 28.6 Å². The van der Waals surface area contributed by atoms with Gasteiger partial charge in [0.2, 0.25) is 0 Å². The second kappa shape index (κ2) is 8.79. The van der Waals surface area contributed by atoms with E-state index in [1.807, 2.05) is 19.1 Å². The minimum atomic E-state index is -0.299. The van der Waals surface area contributed by atoms with E-state index in [1.54, 1.807) is 44.6 Å². The van der Waals surface area contributed by atoms with Gasteiger partial charge in [-0.2, -0.15) is 0 Å². The predicted molar refractivity (Wildman–Crippen MR) is 112 cm³/mol. The molecule has 3 rings (SSSR count). The monoisotopic (exact) mass is 394 g/mol. The zero-order chi connectivity index (χ0) is 20.8. The standard InChI is InChI=1S/C20H22N6O3/c1-12-6-4-5-7-14(12)20(27)26-25-19-17(21)18(22-11-23-19)24-15-9-8-13(28-2)10-16(15)29-3/h4-11H,21H2,1-3H3,(H,26,27)(H2,22,23,24,25). The predicted octanol–water partition coefficient (Wildman–Crippen LogP) is 2.88. The summed E-state index contributed by atoms with van der Waals surface area (Å²) in [5, 5.41) is 3.10. The molecule has 29 heavy (non-hydrogen) atoms. The van der Waals surface area contributed by atoms with Gasteiger partial charge >= 0.3 is 0 Å². The molecule has 0 radical (unpaired) electrons. The number of rotatable bonds is 7. The number of nitrogens with zero attached hydrogens (tertiary/aromatic N) is 2. The highest BCUT2D eigenvalue weighted by Crippen LogP contribution is 2.33. The molecule has 150 valence electrons. The molecule has 9 nitrogen and oxygen atoms in total.